The summed E-state index contributed by atoms with van der Waals surface area (Å²) in [7, 11) is 0. The summed E-state index contributed by atoms with van der Waals surface area (Å²) < 4.78 is 5.15. The van der Waals surface area contributed by atoms with E-state index in [0.717, 1.165) is 11.0 Å². The van der Waals surface area contributed by atoms with Crippen LogP contribution in [0.3, 0.4) is 0 Å². The standard InChI is InChI=1S/C10H10Cl2N2O2/c11-6-3-8-9(4-7(6)12)14-10(13-8)5-16-2-1-15/h3-4,15H,1-2,5H2,(H,13,14). The van der Waals surface area contributed by atoms with Crippen LogP contribution < -0.4 is 0 Å². The molecule has 1 aromatic carbocycles. The third-order valence-electron chi connectivity index (χ3n) is 2.05. The highest BCUT2D eigenvalue weighted by Gasteiger charge is 2.06. The minimum absolute atomic E-state index is 0.00210. The van der Waals surface area contributed by atoms with E-state index in [-0.39, 0.29) is 6.61 Å². The fraction of sp³-hybridized carbons (Fsp3) is 0.300. The van der Waals surface area contributed by atoms with Crippen molar-refractivity contribution in [3.8, 4) is 0 Å². The highest BCUT2D eigenvalue weighted by Crippen LogP contribution is 2.26. The monoisotopic (exact) mass is 260 g/mol. The first-order valence-electron chi connectivity index (χ1n) is 4.73. The summed E-state index contributed by atoms with van der Waals surface area (Å²) in [5.41, 5.74) is 1.56. The zero-order valence-electron chi connectivity index (χ0n) is 8.33. The molecule has 0 unspecified atom stereocenters. The van der Waals surface area contributed by atoms with Crippen LogP contribution in [0.25, 0.3) is 11.0 Å². The summed E-state index contributed by atoms with van der Waals surface area (Å²) in [5.74, 6) is 0.682. The Kier molecular flexibility index (Phi) is 3.66. The summed E-state index contributed by atoms with van der Waals surface area (Å²) in [4.78, 5) is 7.34. The SMILES string of the molecule is OCCOCc1nc2cc(Cl)c(Cl)cc2[nH]1. The fourth-order valence-electron chi connectivity index (χ4n) is 1.36. The lowest BCUT2D eigenvalue weighted by atomic mass is 10.3. The van der Waals surface area contributed by atoms with E-state index in [2.05, 4.69) is 9.97 Å². The van der Waals surface area contributed by atoms with Gasteiger partial charge in [-0.15, -0.1) is 0 Å². The van der Waals surface area contributed by atoms with Gasteiger partial charge >= 0.3 is 0 Å². The molecule has 0 saturated carbocycles. The molecule has 0 aliphatic carbocycles. The fourth-order valence-corrected chi connectivity index (χ4v) is 1.68. The van der Waals surface area contributed by atoms with Crippen molar-refractivity contribution in [2.45, 2.75) is 6.61 Å². The number of aliphatic hydroxyl groups excluding tert-OH is 1. The zero-order valence-corrected chi connectivity index (χ0v) is 9.85. The smallest absolute Gasteiger partial charge is 0.133 e. The van der Waals surface area contributed by atoms with Crippen molar-refractivity contribution >= 4 is 34.2 Å². The van der Waals surface area contributed by atoms with E-state index >= 15 is 0 Å². The Balaban J connectivity index is 2.23. The van der Waals surface area contributed by atoms with Gasteiger partial charge < -0.3 is 14.8 Å². The number of nitrogens with one attached hydrogen (secondary N) is 1. The molecule has 0 spiro atoms. The van der Waals surface area contributed by atoms with E-state index in [1.54, 1.807) is 12.1 Å². The molecule has 0 fully saturated rings. The lowest BCUT2D eigenvalue weighted by molar-refractivity contribution is 0.0782. The maximum absolute atomic E-state index is 8.57. The molecule has 0 bridgehead atoms. The topological polar surface area (TPSA) is 58.1 Å². The predicted molar refractivity (Wildman–Crippen MR) is 62.9 cm³/mol. The van der Waals surface area contributed by atoms with Gasteiger partial charge in [0.2, 0.25) is 0 Å². The number of H-pyrrole nitrogens is 1. The lowest BCUT2D eigenvalue weighted by Gasteiger charge is -1.96. The second-order valence-corrected chi connectivity index (χ2v) is 4.06. The summed E-state index contributed by atoms with van der Waals surface area (Å²) in [6.07, 6.45) is 0. The molecule has 0 atom stereocenters. The number of ether oxygens (including phenoxy) is 1. The average Bonchev–Trinajstić information content (AvgIpc) is 2.61. The van der Waals surface area contributed by atoms with Crippen LogP contribution in [0.1, 0.15) is 5.82 Å². The minimum atomic E-state index is -0.00210. The Morgan fingerprint density at radius 2 is 2.06 bits per heavy atom. The first-order chi connectivity index (χ1) is 7.70. The van der Waals surface area contributed by atoms with Gasteiger partial charge in [0.05, 0.1) is 34.3 Å². The second kappa shape index (κ2) is 5.01. The number of halogens is 2. The number of rotatable bonds is 4. The largest absolute Gasteiger partial charge is 0.394 e. The van der Waals surface area contributed by atoms with Crippen LogP contribution in [0.4, 0.5) is 0 Å². The molecule has 4 nitrogen and oxygen atoms in total. The van der Waals surface area contributed by atoms with Gasteiger partial charge in [0.15, 0.2) is 0 Å². The van der Waals surface area contributed by atoms with Gasteiger partial charge in [-0.05, 0) is 12.1 Å². The molecule has 2 N–H and O–H groups in total. The van der Waals surface area contributed by atoms with Crippen molar-refractivity contribution in [3.05, 3.63) is 28.0 Å². The highest BCUT2D eigenvalue weighted by molar-refractivity contribution is 6.42. The zero-order chi connectivity index (χ0) is 11.5. The van der Waals surface area contributed by atoms with Crippen molar-refractivity contribution in [2.75, 3.05) is 13.2 Å². The van der Waals surface area contributed by atoms with Gasteiger partial charge in [-0.1, -0.05) is 23.2 Å². The molecule has 16 heavy (non-hydrogen) atoms. The predicted octanol–water partition coefficient (Wildman–Crippen LogP) is 2.38. The molecule has 0 aliphatic heterocycles. The van der Waals surface area contributed by atoms with Crippen LogP contribution >= 0.6 is 23.2 Å². The molecular weight excluding hydrogens is 251 g/mol. The Hall–Kier alpha value is -0.810. The Morgan fingerprint density at radius 1 is 1.31 bits per heavy atom. The van der Waals surface area contributed by atoms with Crippen LogP contribution in [0.5, 0.6) is 0 Å². The molecule has 0 amide bonds. The minimum Gasteiger partial charge on any atom is -0.394 e. The Labute approximate surface area is 102 Å². The van der Waals surface area contributed by atoms with Crippen molar-refractivity contribution in [3.63, 3.8) is 0 Å². The highest BCUT2D eigenvalue weighted by atomic mass is 35.5. The van der Waals surface area contributed by atoms with Crippen LogP contribution in [-0.2, 0) is 11.3 Å². The molecule has 1 heterocycles. The van der Waals surface area contributed by atoms with Crippen LogP contribution in [0.15, 0.2) is 12.1 Å². The van der Waals surface area contributed by atoms with E-state index in [1.165, 1.54) is 0 Å². The number of hydrogen-bond donors (Lipinski definition) is 2. The van der Waals surface area contributed by atoms with E-state index in [9.17, 15) is 0 Å². The Bertz CT molecular complexity index is 460. The molecule has 0 saturated heterocycles. The number of nitrogens with zero attached hydrogens (tertiary/aromatic N) is 1. The third kappa shape index (κ3) is 2.47. The molecule has 0 aliphatic rings. The summed E-state index contributed by atoms with van der Waals surface area (Å²) in [6, 6.07) is 3.42. The number of aromatic nitrogens is 2. The van der Waals surface area contributed by atoms with Crippen molar-refractivity contribution in [2.24, 2.45) is 0 Å². The van der Waals surface area contributed by atoms with E-state index in [1.807, 2.05) is 0 Å². The number of aromatic amines is 1. The van der Waals surface area contributed by atoms with E-state index < -0.39 is 0 Å². The van der Waals surface area contributed by atoms with E-state index in [4.69, 9.17) is 33.0 Å². The quantitative estimate of drug-likeness (QED) is 0.831. The van der Waals surface area contributed by atoms with E-state index in [0.29, 0.717) is 29.1 Å². The molecule has 0 radical (unpaired) electrons. The second-order valence-electron chi connectivity index (χ2n) is 3.24. The average molecular weight is 261 g/mol. The van der Waals surface area contributed by atoms with Crippen molar-refractivity contribution in [1.29, 1.82) is 0 Å². The number of hydrogen-bond acceptors (Lipinski definition) is 3. The first-order valence-corrected chi connectivity index (χ1v) is 5.48. The third-order valence-corrected chi connectivity index (χ3v) is 2.77. The van der Waals surface area contributed by atoms with Crippen LogP contribution in [-0.4, -0.2) is 28.3 Å². The van der Waals surface area contributed by atoms with Crippen LogP contribution in [0, 0.1) is 0 Å². The number of imidazole rings is 1. The van der Waals surface area contributed by atoms with Gasteiger partial charge in [-0.25, -0.2) is 4.98 Å². The normalized spacial score (nSPS) is 11.2. The van der Waals surface area contributed by atoms with Gasteiger partial charge in [-0.3, -0.25) is 0 Å². The number of benzene rings is 1. The summed E-state index contributed by atoms with van der Waals surface area (Å²) in [6.45, 7) is 0.612. The van der Waals surface area contributed by atoms with Crippen molar-refractivity contribution in [1.82, 2.24) is 9.97 Å². The number of fused-ring (bicyclic) bond motifs is 1. The van der Waals surface area contributed by atoms with Gasteiger partial charge in [-0.2, -0.15) is 0 Å². The molecule has 6 heteroatoms. The summed E-state index contributed by atoms with van der Waals surface area (Å²) >= 11 is 11.8. The van der Waals surface area contributed by atoms with Crippen LogP contribution in [0.2, 0.25) is 10.0 Å². The van der Waals surface area contributed by atoms with Gasteiger partial charge in [0.25, 0.3) is 0 Å². The molecule has 1 aromatic heterocycles. The molecule has 86 valence electrons. The van der Waals surface area contributed by atoms with Gasteiger partial charge in [0, 0.05) is 0 Å². The first kappa shape index (κ1) is 11.7. The van der Waals surface area contributed by atoms with Gasteiger partial charge in [0.1, 0.15) is 12.4 Å². The summed E-state index contributed by atoms with van der Waals surface area (Å²) in [5, 5.41) is 9.53. The number of aliphatic hydroxyl groups is 1. The lowest BCUT2D eigenvalue weighted by Crippen LogP contribution is -2.00. The maximum atomic E-state index is 8.57. The van der Waals surface area contributed by atoms with Crippen molar-refractivity contribution < 1.29 is 9.84 Å². The molecular formula is C10H10Cl2N2O2. The molecule has 2 rings (SSSR count). The Morgan fingerprint density at radius 3 is 2.81 bits per heavy atom. The molecule has 2 aromatic rings. The maximum Gasteiger partial charge on any atom is 0.133 e.